The summed E-state index contributed by atoms with van der Waals surface area (Å²) in [5.74, 6) is -0.151. The summed E-state index contributed by atoms with van der Waals surface area (Å²) in [6.45, 7) is 6.26. The maximum atomic E-state index is 13.6. The monoisotopic (exact) mass is 483 g/mol. The summed E-state index contributed by atoms with van der Waals surface area (Å²) in [6.07, 6.45) is 0.0910. The number of hydrogen-bond donors (Lipinski definition) is 1. The summed E-state index contributed by atoms with van der Waals surface area (Å²) < 4.78 is 3.36. The molecule has 3 aromatic heterocycles. The number of thiazole rings is 1. The minimum atomic E-state index is -0.215. The third-order valence-electron chi connectivity index (χ3n) is 5.92. The maximum absolute atomic E-state index is 13.6. The highest BCUT2D eigenvalue weighted by atomic mass is 32.1. The minimum Gasteiger partial charge on any atom is -0.352 e. The van der Waals surface area contributed by atoms with Crippen LogP contribution in [0.15, 0.2) is 70.8 Å². The Labute approximate surface area is 206 Å². The van der Waals surface area contributed by atoms with Crippen LogP contribution in [0.4, 0.5) is 0 Å². The van der Waals surface area contributed by atoms with E-state index in [2.05, 4.69) is 10.3 Å². The van der Waals surface area contributed by atoms with Crippen LogP contribution in [0.3, 0.4) is 0 Å². The van der Waals surface area contributed by atoms with Crippen LogP contribution in [-0.4, -0.2) is 25.1 Å². The van der Waals surface area contributed by atoms with E-state index < -0.39 is 0 Å². The molecule has 8 heteroatoms. The molecule has 5 rings (SSSR count). The first-order valence-electron chi connectivity index (χ1n) is 11.3. The Hall–Kier alpha value is -4.04. The normalized spacial score (nSPS) is 11.2. The number of hydrogen-bond acceptors (Lipinski definition) is 5. The van der Waals surface area contributed by atoms with Crippen molar-refractivity contribution in [3.8, 4) is 16.9 Å². The number of fused-ring (bicyclic) bond motifs is 1. The SMILES string of the molecule is Cc1ccc(-n2nc(-c3c(C)nc4scc(CC(=O)NCc5ccccc5)n4c3=O)cc2C)cc1. The van der Waals surface area contributed by atoms with Crippen molar-refractivity contribution in [3.05, 3.63) is 105 Å². The van der Waals surface area contributed by atoms with Crippen LogP contribution < -0.4 is 10.9 Å². The molecule has 2 aromatic carbocycles. The molecule has 0 fully saturated rings. The number of carbonyl (C=O) groups is 1. The smallest absolute Gasteiger partial charge is 0.268 e. The number of carbonyl (C=O) groups excluding carboxylic acids is 1. The zero-order chi connectivity index (χ0) is 24.5. The van der Waals surface area contributed by atoms with Gasteiger partial charge in [-0.15, -0.1) is 11.3 Å². The third-order valence-corrected chi connectivity index (χ3v) is 6.79. The second-order valence-electron chi connectivity index (χ2n) is 8.58. The molecular formula is C27H25N5O2S. The Morgan fingerprint density at radius 2 is 1.77 bits per heavy atom. The fourth-order valence-electron chi connectivity index (χ4n) is 4.09. The van der Waals surface area contributed by atoms with E-state index >= 15 is 0 Å². The van der Waals surface area contributed by atoms with Gasteiger partial charge in [0.2, 0.25) is 5.91 Å². The molecule has 0 radical (unpaired) electrons. The molecule has 0 atom stereocenters. The fraction of sp³-hybridized carbons (Fsp3) is 0.185. The molecule has 0 aliphatic rings. The van der Waals surface area contributed by atoms with E-state index in [-0.39, 0.29) is 17.9 Å². The van der Waals surface area contributed by atoms with Gasteiger partial charge in [-0.2, -0.15) is 5.10 Å². The second-order valence-corrected chi connectivity index (χ2v) is 9.42. The number of nitrogens with zero attached hydrogens (tertiary/aromatic N) is 4. The van der Waals surface area contributed by atoms with E-state index in [9.17, 15) is 9.59 Å². The molecule has 1 N–H and O–H groups in total. The van der Waals surface area contributed by atoms with Crippen LogP contribution in [0.25, 0.3) is 21.9 Å². The van der Waals surface area contributed by atoms with Crippen LogP contribution in [0.5, 0.6) is 0 Å². The van der Waals surface area contributed by atoms with E-state index in [0.29, 0.717) is 34.2 Å². The molecule has 0 aliphatic carbocycles. The molecule has 0 aliphatic heterocycles. The summed E-state index contributed by atoms with van der Waals surface area (Å²) in [5.41, 5.74) is 6.06. The van der Waals surface area contributed by atoms with Crippen LogP contribution in [0.2, 0.25) is 0 Å². The molecule has 7 nitrogen and oxygen atoms in total. The van der Waals surface area contributed by atoms with Gasteiger partial charge in [0, 0.05) is 23.3 Å². The standard InChI is InChI=1S/C27H25N5O2S/c1-17-9-11-21(12-10-17)32-18(2)13-23(30-32)25-19(3)29-27-31(26(25)34)22(16-35-27)14-24(33)28-15-20-7-5-4-6-8-20/h4-13,16H,14-15H2,1-3H3,(H,28,33). The van der Waals surface area contributed by atoms with Crippen molar-refractivity contribution in [1.82, 2.24) is 24.5 Å². The highest BCUT2D eigenvalue weighted by molar-refractivity contribution is 7.15. The predicted octanol–water partition coefficient (Wildman–Crippen LogP) is 4.39. The van der Waals surface area contributed by atoms with E-state index in [0.717, 1.165) is 16.9 Å². The van der Waals surface area contributed by atoms with E-state index in [1.165, 1.54) is 21.3 Å². The topological polar surface area (TPSA) is 81.3 Å². The Bertz CT molecular complexity index is 1580. The Kier molecular flexibility index (Phi) is 6.05. The van der Waals surface area contributed by atoms with E-state index in [1.54, 1.807) is 0 Å². The van der Waals surface area contributed by atoms with Crippen molar-refractivity contribution in [2.75, 3.05) is 0 Å². The number of amides is 1. The molecule has 176 valence electrons. The average Bonchev–Trinajstić information content (AvgIpc) is 3.42. The molecule has 5 aromatic rings. The predicted molar refractivity (Wildman–Crippen MR) is 138 cm³/mol. The van der Waals surface area contributed by atoms with Crippen LogP contribution in [-0.2, 0) is 17.8 Å². The quantitative estimate of drug-likeness (QED) is 0.388. The van der Waals surface area contributed by atoms with Gasteiger partial charge < -0.3 is 5.32 Å². The van der Waals surface area contributed by atoms with Crippen molar-refractivity contribution in [2.24, 2.45) is 0 Å². The summed E-state index contributed by atoms with van der Waals surface area (Å²) >= 11 is 1.36. The van der Waals surface area contributed by atoms with Crippen LogP contribution in [0, 0.1) is 20.8 Å². The molecule has 0 saturated carbocycles. The van der Waals surface area contributed by atoms with E-state index in [4.69, 9.17) is 5.10 Å². The van der Waals surface area contributed by atoms with Gasteiger partial charge in [0.05, 0.1) is 23.4 Å². The molecule has 0 bridgehead atoms. The van der Waals surface area contributed by atoms with Gasteiger partial charge in [0.1, 0.15) is 5.69 Å². The van der Waals surface area contributed by atoms with Crippen molar-refractivity contribution < 1.29 is 4.79 Å². The number of aryl methyl sites for hydroxylation is 3. The molecule has 1 amide bonds. The average molecular weight is 484 g/mol. The molecule has 0 saturated heterocycles. The lowest BCUT2D eigenvalue weighted by Crippen LogP contribution is -2.27. The molecular weight excluding hydrogens is 458 g/mol. The second kappa shape index (κ2) is 9.31. The summed E-state index contributed by atoms with van der Waals surface area (Å²) in [7, 11) is 0. The van der Waals surface area contributed by atoms with Gasteiger partial charge in [-0.05, 0) is 44.5 Å². The first-order valence-corrected chi connectivity index (χ1v) is 12.2. The molecule has 0 spiro atoms. The highest BCUT2D eigenvalue weighted by Crippen LogP contribution is 2.23. The van der Waals surface area contributed by atoms with Crippen LogP contribution in [0.1, 0.15) is 28.2 Å². The Morgan fingerprint density at radius 1 is 1.03 bits per heavy atom. The van der Waals surface area contributed by atoms with Crippen molar-refractivity contribution in [2.45, 2.75) is 33.7 Å². The number of benzene rings is 2. The Morgan fingerprint density at radius 3 is 2.51 bits per heavy atom. The van der Waals surface area contributed by atoms with Crippen molar-refractivity contribution in [3.63, 3.8) is 0 Å². The summed E-state index contributed by atoms with van der Waals surface area (Å²) in [5, 5.41) is 9.48. The van der Waals surface area contributed by atoms with Crippen molar-refractivity contribution in [1.29, 1.82) is 0 Å². The number of rotatable bonds is 6. The number of nitrogens with one attached hydrogen (secondary N) is 1. The number of aromatic nitrogens is 4. The zero-order valence-corrected chi connectivity index (χ0v) is 20.6. The van der Waals surface area contributed by atoms with E-state index in [1.807, 2.05) is 91.5 Å². The fourth-order valence-corrected chi connectivity index (χ4v) is 5.02. The van der Waals surface area contributed by atoms with Gasteiger partial charge in [-0.1, -0.05) is 48.0 Å². The zero-order valence-electron chi connectivity index (χ0n) is 19.8. The molecule has 0 unspecified atom stereocenters. The Balaban J connectivity index is 1.47. The van der Waals surface area contributed by atoms with Gasteiger partial charge >= 0.3 is 0 Å². The highest BCUT2D eigenvalue weighted by Gasteiger charge is 2.20. The van der Waals surface area contributed by atoms with Crippen molar-refractivity contribution >= 4 is 22.2 Å². The minimum absolute atomic E-state index is 0.0910. The van der Waals surface area contributed by atoms with Gasteiger partial charge in [-0.25, -0.2) is 9.67 Å². The van der Waals surface area contributed by atoms with Gasteiger partial charge in [0.15, 0.2) is 4.96 Å². The molecule has 3 heterocycles. The largest absolute Gasteiger partial charge is 0.352 e. The van der Waals surface area contributed by atoms with Gasteiger partial charge in [-0.3, -0.25) is 14.0 Å². The molecule has 35 heavy (non-hydrogen) atoms. The summed E-state index contributed by atoms with van der Waals surface area (Å²) in [6, 6.07) is 19.7. The van der Waals surface area contributed by atoms with Gasteiger partial charge in [0.25, 0.3) is 5.56 Å². The first-order chi connectivity index (χ1) is 16.9. The third kappa shape index (κ3) is 4.52. The first kappa shape index (κ1) is 22.7. The summed E-state index contributed by atoms with van der Waals surface area (Å²) in [4.78, 5) is 31.5. The lowest BCUT2D eigenvalue weighted by molar-refractivity contribution is -0.120. The lowest BCUT2D eigenvalue weighted by atomic mass is 10.1. The van der Waals surface area contributed by atoms with Crippen LogP contribution >= 0.6 is 11.3 Å². The maximum Gasteiger partial charge on any atom is 0.268 e. The lowest BCUT2D eigenvalue weighted by Gasteiger charge is -2.07.